The van der Waals surface area contributed by atoms with Gasteiger partial charge in [0.15, 0.2) is 5.78 Å². The molecule has 0 unspecified atom stereocenters. The van der Waals surface area contributed by atoms with E-state index in [4.69, 9.17) is 0 Å². The second-order valence-corrected chi connectivity index (χ2v) is 6.09. The lowest BCUT2D eigenvalue weighted by molar-refractivity contribution is -0.116. The topological polar surface area (TPSA) is 46.2 Å². The molecule has 21 heavy (non-hydrogen) atoms. The van der Waals surface area contributed by atoms with Gasteiger partial charge >= 0.3 is 0 Å². The third-order valence-corrected chi connectivity index (χ3v) is 3.80. The summed E-state index contributed by atoms with van der Waals surface area (Å²) in [4.78, 5) is 23.8. The maximum atomic E-state index is 12.0. The van der Waals surface area contributed by atoms with Crippen molar-refractivity contribution in [3.05, 3.63) is 63.2 Å². The number of amides is 1. The first-order chi connectivity index (χ1) is 10.0. The van der Waals surface area contributed by atoms with Gasteiger partial charge in [0.25, 0.3) is 0 Å². The molecule has 0 spiro atoms. The van der Waals surface area contributed by atoms with Crippen LogP contribution in [0, 0.1) is 10.5 Å². The molecule has 0 aliphatic carbocycles. The van der Waals surface area contributed by atoms with Gasteiger partial charge in [-0.15, -0.1) is 0 Å². The fourth-order valence-corrected chi connectivity index (χ4v) is 2.23. The first-order valence-corrected chi connectivity index (χ1v) is 7.78. The molecule has 2 aromatic carbocycles. The molecule has 3 nitrogen and oxygen atoms in total. The molecule has 4 heteroatoms. The van der Waals surface area contributed by atoms with Crippen LogP contribution in [0.3, 0.4) is 0 Å². The zero-order chi connectivity index (χ0) is 15.2. The van der Waals surface area contributed by atoms with Crippen LogP contribution in [0.25, 0.3) is 0 Å². The van der Waals surface area contributed by atoms with Gasteiger partial charge in [0, 0.05) is 27.7 Å². The number of hydrogen-bond acceptors (Lipinski definition) is 2. The number of ketones is 1. The van der Waals surface area contributed by atoms with Crippen LogP contribution in [0.4, 0.5) is 5.69 Å². The fraction of sp³-hybridized carbons (Fsp3) is 0.176. The van der Waals surface area contributed by atoms with Crippen molar-refractivity contribution in [1.82, 2.24) is 0 Å². The van der Waals surface area contributed by atoms with E-state index in [1.54, 1.807) is 12.1 Å². The van der Waals surface area contributed by atoms with Gasteiger partial charge in [0.1, 0.15) is 0 Å². The number of benzene rings is 2. The lowest BCUT2D eigenvalue weighted by Gasteiger charge is -2.05. The number of hydrogen-bond donors (Lipinski definition) is 1. The highest BCUT2D eigenvalue weighted by molar-refractivity contribution is 14.1. The smallest absolute Gasteiger partial charge is 0.224 e. The van der Waals surface area contributed by atoms with Crippen molar-refractivity contribution >= 4 is 40.0 Å². The summed E-state index contributed by atoms with van der Waals surface area (Å²) in [6.07, 6.45) is 0.414. The van der Waals surface area contributed by atoms with Gasteiger partial charge in [-0.05, 0) is 53.8 Å². The summed E-state index contributed by atoms with van der Waals surface area (Å²) in [5.74, 6) is -0.150. The maximum Gasteiger partial charge on any atom is 0.224 e. The molecule has 1 N–H and O–H groups in total. The fourth-order valence-electron chi connectivity index (χ4n) is 1.87. The number of rotatable bonds is 5. The number of nitrogens with one attached hydrogen (secondary N) is 1. The molecule has 2 rings (SSSR count). The Morgan fingerprint density at radius 2 is 1.57 bits per heavy atom. The molecule has 0 saturated carbocycles. The third kappa shape index (κ3) is 4.97. The predicted octanol–water partition coefficient (Wildman–Crippen LogP) is 4.20. The van der Waals surface area contributed by atoms with E-state index in [9.17, 15) is 9.59 Å². The van der Waals surface area contributed by atoms with Crippen LogP contribution in [-0.4, -0.2) is 11.7 Å². The van der Waals surface area contributed by atoms with E-state index in [1.807, 2.05) is 43.3 Å². The minimum Gasteiger partial charge on any atom is -0.326 e. The van der Waals surface area contributed by atoms with Crippen molar-refractivity contribution in [2.45, 2.75) is 19.8 Å². The summed E-state index contributed by atoms with van der Waals surface area (Å²) >= 11 is 2.19. The molecule has 0 aromatic heterocycles. The van der Waals surface area contributed by atoms with Crippen molar-refractivity contribution in [2.75, 3.05) is 5.32 Å². The average Bonchev–Trinajstić information content (AvgIpc) is 2.48. The van der Waals surface area contributed by atoms with E-state index in [-0.39, 0.29) is 24.5 Å². The standard InChI is InChI=1S/C17H16INO2/c1-12-2-8-15(9-3-12)19-17(21)11-10-16(20)13-4-6-14(18)7-5-13/h2-9H,10-11H2,1H3,(H,19,21). The quantitative estimate of drug-likeness (QED) is 0.612. The van der Waals surface area contributed by atoms with E-state index in [0.717, 1.165) is 14.8 Å². The molecule has 0 aliphatic heterocycles. The lowest BCUT2D eigenvalue weighted by atomic mass is 10.1. The number of carbonyl (C=O) groups excluding carboxylic acids is 2. The molecule has 108 valence electrons. The largest absolute Gasteiger partial charge is 0.326 e. The Bertz CT molecular complexity index is 633. The van der Waals surface area contributed by atoms with Crippen LogP contribution in [0.15, 0.2) is 48.5 Å². The Labute approximate surface area is 137 Å². The zero-order valence-electron chi connectivity index (χ0n) is 11.7. The second-order valence-electron chi connectivity index (χ2n) is 4.84. The van der Waals surface area contributed by atoms with Crippen molar-refractivity contribution in [2.24, 2.45) is 0 Å². The van der Waals surface area contributed by atoms with Crippen LogP contribution in [0.1, 0.15) is 28.8 Å². The van der Waals surface area contributed by atoms with Gasteiger partial charge in [0.05, 0.1) is 0 Å². The molecular formula is C17H16INO2. The second kappa shape index (κ2) is 7.36. The lowest BCUT2D eigenvalue weighted by Crippen LogP contribution is -2.13. The summed E-state index contributed by atoms with van der Waals surface area (Å²) in [6, 6.07) is 14.9. The molecule has 2 aromatic rings. The number of halogens is 1. The van der Waals surface area contributed by atoms with Crippen molar-refractivity contribution in [3.8, 4) is 0 Å². The van der Waals surface area contributed by atoms with Gasteiger partial charge in [-0.1, -0.05) is 29.8 Å². The predicted molar refractivity (Wildman–Crippen MR) is 92.5 cm³/mol. The van der Waals surface area contributed by atoms with Crippen LogP contribution < -0.4 is 5.32 Å². The normalized spacial score (nSPS) is 10.2. The Morgan fingerprint density at radius 1 is 0.952 bits per heavy atom. The minimum absolute atomic E-state index is 0.00884. The van der Waals surface area contributed by atoms with Crippen LogP contribution in [0.5, 0.6) is 0 Å². The van der Waals surface area contributed by atoms with Gasteiger partial charge in [0.2, 0.25) is 5.91 Å². The van der Waals surface area contributed by atoms with Crippen molar-refractivity contribution in [1.29, 1.82) is 0 Å². The first kappa shape index (κ1) is 15.7. The van der Waals surface area contributed by atoms with E-state index < -0.39 is 0 Å². The molecule has 1 amide bonds. The Kier molecular flexibility index (Phi) is 5.50. The number of Topliss-reactive ketones (excluding diaryl/α,β-unsaturated/α-hetero) is 1. The summed E-state index contributed by atoms with van der Waals surface area (Å²) in [7, 11) is 0. The molecule has 0 heterocycles. The highest BCUT2D eigenvalue weighted by Gasteiger charge is 2.09. The van der Waals surface area contributed by atoms with Crippen LogP contribution >= 0.6 is 22.6 Å². The molecule has 0 atom stereocenters. The first-order valence-electron chi connectivity index (χ1n) is 6.70. The molecule has 0 radical (unpaired) electrons. The van der Waals surface area contributed by atoms with E-state index in [2.05, 4.69) is 27.9 Å². The number of anilines is 1. The van der Waals surface area contributed by atoms with E-state index in [0.29, 0.717) is 5.56 Å². The molecule has 0 saturated heterocycles. The average molecular weight is 393 g/mol. The van der Waals surface area contributed by atoms with Gasteiger partial charge in [-0.25, -0.2) is 0 Å². The third-order valence-electron chi connectivity index (χ3n) is 3.08. The maximum absolute atomic E-state index is 12.0. The number of carbonyl (C=O) groups is 2. The number of aryl methyl sites for hydroxylation is 1. The zero-order valence-corrected chi connectivity index (χ0v) is 13.9. The summed E-state index contributed by atoms with van der Waals surface area (Å²) in [5.41, 5.74) is 2.55. The highest BCUT2D eigenvalue weighted by atomic mass is 127. The highest BCUT2D eigenvalue weighted by Crippen LogP contribution is 2.12. The Morgan fingerprint density at radius 3 is 2.19 bits per heavy atom. The molecule has 0 bridgehead atoms. The van der Waals surface area contributed by atoms with E-state index in [1.165, 1.54) is 0 Å². The minimum atomic E-state index is -0.141. The van der Waals surface area contributed by atoms with Gasteiger partial charge in [-0.3, -0.25) is 9.59 Å². The monoisotopic (exact) mass is 393 g/mol. The van der Waals surface area contributed by atoms with Gasteiger partial charge < -0.3 is 5.32 Å². The molecule has 0 fully saturated rings. The molecular weight excluding hydrogens is 377 g/mol. The Balaban J connectivity index is 1.84. The van der Waals surface area contributed by atoms with E-state index >= 15 is 0 Å². The van der Waals surface area contributed by atoms with Crippen molar-refractivity contribution in [3.63, 3.8) is 0 Å². The summed E-state index contributed by atoms with van der Waals surface area (Å²) < 4.78 is 1.08. The summed E-state index contributed by atoms with van der Waals surface area (Å²) in [6.45, 7) is 1.99. The molecule has 0 aliphatic rings. The van der Waals surface area contributed by atoms with Crippen LogP contribution in [-0.2, 0) is 4.79 Å². The van der Waals surface area contributed by atoms with Crippen molar-refractivity contribution < 1.29 is 9.59 Å². The SMILES string of the molecule is Cc1ccc(NC(=O)CCC(=O)c2ccc(I)cc2)cc1. The van der Waals surface area contributed by atoms with Crippen LogP contribution in [0.2, 0.25) is 0 Å². The van der Waals surface area contributed by atoms with Gasteiger partial charge in [-0.2, -0.15) is 0 Å². The Hall–Kier alpha value is -1.69. The summed E-state index contributed by atoms with van der Waals surface area (Å²) in [5, 5.41) is 2.79.